The monoisotopic (exact) mass is 287 g/mol. The summed E-state index contributed by atoms with van der Waals surface area (Å²) in [4.78, 5) is 25.8. The number of rotatable bonds is 5. The van der Waals surface area contributed by atoms with Crippen molar-refractivity contribution < 1.29 is 9.59 Å². The van der Waals surface area contributed by atoms with Crippen molar-refractivity contribution in [2.45, 2.75) is 58.4 Å². The van der Waals surface area contributed by atoms with Crippen LogP contribution in [-0.4, -0.2) is 29.2 Å². The molecule has 0 saturated carbocycles. The first-order valence-electron chi connectivity index (χ1n) is 7.90. The highest BCUT2D eigenvalue weighted by Gasteiger charge is 2.27. The van der Waals surface area contributed by atoms with Gasteiger partial charge < -0.3 is 4.90 Å². The molecular weight excluding hydrogens is 262 g/mol. The lowest BCUT2D eigenvalue weighted by atomic mass is 9.97. The molecule has 0 N–H and O–H groups in total. The Hall–Kier alpha value is -1.64. The Morgan fingerprint density at radius 2 is 2.10 bits per heavy atom. The zero-order valence-electron chi connectivity index (χ0n) is 13.1. The van der Waals surface area contributed by atoms with Crippen LogP contribution in [0.25, 0.3) is 0 Å². The summed E-state index contributed by atoms with van der Waals surface area (Å²) in [7, 11) is 0. The van der Waals surface area contributed by atoms with E-state index in [0.717, 1.165) is 32.2 Å². The lowest BCUT2D eigenvalue weighted by Crippen LogP contribution is -2.44. The quantitative estimate of drug-likeness (QED) is 0.833. The zero-order chi connectivity index (χ0) is 15.2. The van der Waals surface area contributed by atoms with Crippen molar-refractivity contribution in [3.05, 3.63) is 35.4 Å². The molecule has 3 heteroatoms. The Kier molecular flexibility index (Phi) is 5.54. The SMILES string of the molecule is CC(=O)CC1CCCCN1C(=O)CCc1cccc(C)c1. The van der Waals surface area contributed by atoms with Crippen LogP contribution >= 0.6 is 0 Å². The Morgan fingerprint density at radius 1 is 1.29 bits per heavy atom. The summed E-state index contributed by atoms with van der Waals surface area (Å²) < 4.78 is 0. The molecule has 1 aromatic carbocycles. The normalized spacial score (nSPS) is 18.6. The van der Waals surface area contributed by atoms with Gasteiger partial charge in [0, 0.05) is 25.4 Å². The molecule has 21 heavy (non-hydrogen) atoms. The van der Waals surface area contributed by atoms with Gasteiger partial charge in [-0.1, -0.05) is 29.8 Å². The fourth-order valence-corrected chi connectivity index (χ4v) is 3.14. The first-order chi connectivity index (χ1) is 10.1. The number of ketones is 1. The molecule has 1 atom stereocenters. The standard InChI is InChI=1S/C18H25NO2/c1-14-6-5-7-16(12-14)9-10-18(21)19-11-4-3-8-17(19)13-15(2)20/h5-7,12,17H,3-4,8-11,13H2,1-2H3. The van der Waals surface area contributed by atoms with Crippen LogP contribution in [-0.2, 0) is 16.0 Å². The topological polar surface area (TPSA) is 37.4 Å². The number of nitrogens with zero attached hydrogens (tertiary/aromatic N) is 1. The molecule has 1 unspecified atom stereocenters. The summed E-state index contributed by atoms with van der Waals surface area (Å²) in [6.07, 6.45) is 4.98. The van der Waals surface area contributed by atoms with Gasteiger partial charge in [0.1, 0.15) is 5.78 Å². The number of carbonyl (C=O) groups is 2. The Balaban J connectivity index is 1.92. The van der Waals surface area contributed by atoms with E-state index >= 15 is 0 Å². The number of amides is 1. The van der Waals surface area contributed by atoms with Crippen molar-refractivity contribution in [1.82, 2.24) is 4.90 Å². The van der Waals surface area contributed by atoms with Gasteiger partial charge in [0.15, 0.2) is 0 Å². The molecule has 1 fully saturated rings. The number of piperidine rings is 1. The van der Waals surface area contributed by atoms with Gasteiger partial charge in [0.05, 0.1) is 0 Å². The molecule has 0 aromatic heterocycles. The van der Waals surface area contributed by atoms with E-state index in [2.05, 4.69) is 25.1 Å². The van der Waals surface area contributed by atoms with E-state index in [9.17, 15) is 9.59 Å². The second-order valence-electron chi connectivity index (χ2n) is 6.13. The summed E-state index contributed by atoms with van der Waals surface area (Å²) in [5.74, 6) is 0.376. The molecule has 1 amide bonds. The minimum Gasteiger partial charge on any atom is -0.339 e. The largest absolute Gasteiger partial charge is 0.339 e. The number of aryl methyl sites for hydroxylation is 2. The Morgan fingerprint density at radius 3 is 2.81 bits per heavy atom. The highest BCUT2D eigenvalue weighted by Crippen LogP contribution is 2.21. The minimum atomic E-state index is 0.126. The third kappa shape index (κ3) is 4.69. The molecule has 0 bridgehead atoms. The summed E-state index contributed by atoms with van der Waals surface area (Å²) in [6.45, 7) is 4.49. The van der Waals surface area contributed by atoms with E-state index in [0.29, 0.717) is 12.8 Å². The van der Waals surface area contributed by atoms with Gasteiger partial charge in [-0.15, -0.1) is 0 Å². The average molecular weight is 287 g/mol. The van der Waals surface area contributed by atoms with Gasteiger partial charge in [-0.2, -0.15) is 0 Å². The van der Waals surface area contributed by atoms with Crippen LogP contribution in [0.5, 0.6) is 0 Å². The highest BCUT2D eigenvalue weighted by atomic mass is 16.2. The predicted molar refractivity (Wildman–Crippen MR) is 84.2 cm³/mol. The van der Waals surface area contributed by atoms with Gasteiger partial charge in [0.25, 0.3) is 0 Å². The summed E-state index contributed by atoms with van der Waals surface area (Å²) in [5, 5.41) is 0. The van der Waals surface area contributed by atoms with Crippen LogP contribution in [0.1, 0.15) is 50.2 Å². The summed E-state index contributed by atoms with van der Waals surface area (Å²) in [5.41, 5.74) is 2.44. The van der Waals surface area contributed by atoms with E-state index in [1.54, 1.807) is 6.92 Å². The predicted octanol–water partition coefficient (Wildman–Crippen LogP) is 3.29. The molecule has 0 radical (unpaired) electrons. The fraction of sp³-hybridized carbons (Fsp3) is 0.556. The zero-order valence-corrected chi connectivity index (χ0v) is 13.1. The molecule has 1 aliphatic rings. The van der Waals surface area contributed by atoms with Gasteiger partial charge >= 0.3 is 0 Å². The van der Waals surface area contributed by atoms with Gasteiger partial charge in [-0.05, 0) is 45.1 Å². The molecule has 114 valence electrons. The van der Waals surface area contributed by atoms with Gasteiger partial charge in [0.2, 0.25) is 5.91 Å². The van der Waals surface area contributed by atoms with Crippen LogP contribution in [0.2, 0.25) is 0 Å². The van der Waals surface area contributed by atoms with Crippen LogP contribution in [0, 0.1) is 6.92 Å². The molecule has 0 aliphatic carbocycles. The third-order valence-corrected chi connectivity index (χ3v) is 4.18. The van der Waals surface area contributed by atoms with Crippen molar-refractivity contribution in [3.63, 3.8) is 0 Å². The molecule has 1 aromatic rings. The van der Waals surface area contributed by atoms with Crippen molar-refractivity contribution in [2.24, 2.45) is 0 Å². The molecule has 3 nitrogen and oxygen atoms in total. The number of carbonyl (C=O) groups excluding carboxylic acids is 2. The van der Waals surface area contributed by atoms with Crippen molar-refractivity contribution in [3.8, 4) is 0 Å². The number of hydrogen-bond acceptors (Lipinski definition) is 2. The molecule has 2 rings (SSSR count). The highest BCUT2D eigenvalue weighted by molar-refractivity contribution is 5.80. The van der Waals surface area contributed by atoms with Crippen molar-refractivity contribution in [1.29, 1.82) is 0 Å². The van der Waals surface area contributed by atoms with E-state index < -0.39 is 0 Å². The Labute approximate surface area is 127 Å². The number of Topliss-reactive ketones (excluding diaryl/α,β-unsaturated/α-hetero) is 1. The van der Waals surface area contributed by atoms with Crippen LogP contribution in [0.4, 0.5) is 0 Å². The van der Waals surface area contributed by atoms with Crippen molar-refractivity contribution in [2.75, 3.05) is 6.54 Å². The lowest BCUT2D eigenvalue weighted by Gasteiger charge is -2.35. The van der Waals surface area contributed by atoms with E-state index in [-0.39, 0.29) is 17.7 Å². The molecule has 1 aliphatic heterocycles. The fourth-order valence-electron chi connectivity index (χ4n) is 3.14. The molecule has 0 spiro atoms. The minimum absolute atomic E-state index is 0.126. The molecule has 1 heterocycles. The van der Waals surface area contributed by atoms with Crippen LogP contribution in [0.3, 0.4) is 0 Å². The molecular formula is C18H25NO2. The van der Waals surface area contributed by atoms with Crippen LogP contribution in [0.15, 0.2) is 24.3 Å². The first-order valence-corrected chi connectivity index (χ1v) is 7.90. The van der Waals surface area contributed by atoms with Gasteiger partial charge in [-0.25, -0.2) is 0 Å². The van der Waals surface area contributed by atoms with E-state index in [1.807, 2.05) is 11.0 Å². The maximum absolute atomic E-state index is 12.5. The second-order valence-corrected chi connectivity index (χ2v) is 6.13. The summed E-state index contributed by atoms with van der Waals surface area (Å²) >= 11 is 0. The van der Waals surface area contributed by atoms with E-state index in [1.165, 1.54) is 11.1 Å². The van der Waals surface area contributed by atoms with E-state index in [4.69, 9.17) is 0 Å². The van der Waals surface area contributed by atoms with Crippen molar-refractivity contribution >= 4 is 11.7 Å². The second kappa shape index (κ2) is 7.39. The number of benzene rings is 1. The van der Waals surface area contributed by atoms with Gasteiger partial charge in [-0.3, -0.25) is 9.59 Å². The third-order valence-electron chi connectivity index (χ3n) is 4.18. The first kappa shape index (κ1) is 15.7. The maximum atomic E-state index is 12.5. The Bertz CT molecular complexity index is 510. The lowest BCUT2D eigenvalue weighted by molar-refractivity contribution is -0.135. The van der Waals surface area contributed by atoms with Crippen LogP contribution < -0.4 is 0 Å². The maximum Gasteiger partial charge on any atom is 0.223 e. The number of hydrogen-bond donors (Lipinski definition) is 0. The average Bonchev–Trinajstić information content (AvgIpc) is 2.45. The smallest absolute Gasteiger partial charge is 0.223 e. The number of likely N-dealkylation sites (tertiary alicyclic amines) is 1. The molecule has 1 saturated heterocycles. The summed E-state index contributed by atoms with van der Waals surface area (Å²) in [6, 6.07) is 8.44.